The standard InChI is InChI=1S/C8H16O3/c1-6(2)8(10)4-5-11-7(3)9/h6,8,10H,4-5H2,1-3H3. The first-order valence-corrected chi connectivity index (χ1v) is 3.85. The van der Waals surface area contributed by atoms with E-state index in [0.29, 0.717) is 13.0 Å². The number of carbonyl (C=O) groups excluding carboxylic acids is 1. The summed E-state index contributed by atoms with van der Waals surface area (Å²) in [5, 5.41) is 9.25. The second kappa shape index (κ2) is 5.13. The van der Waals surface area contributed by atoms with Crippen LogP contribution in [0.5, 0.6) is 0 Å². The number of aliphatic hydroxyl groups is 1. The van der Waals surface area contributed by atoms with Gasteiger partial charge in [-0.1, -0.05) is 13.8 Å². The Bertz CT molecular complexity index is 121. The molecule has 0 rings (SSSR count). The summed E-state index contributed by atoms with van der Waals surface area (Å²) in [5.41, 5.74) is 0. The summed E-state index contributed by atoms with van der Waals surface area (Å²) in [5.74, 6) is -0.0634. The van der Waals surface area contributed by atoms with E-state index in [2.05, 4.69) is 4.74 Å². The van der Waals surface area contributed by atoms with Crippen LogP contribution in [0.4, 0.5) is 0 Å². The molecule has 0 aliphatic heterocycles. The van der Waals surface area contributed by atoms with Crippen molar-refractivity contribution in [1.29, 1.82) is 0 Å². The number of ether oxygens (including phenoxy) is 1. The first-order chi connectivity index (χ1) is 5.04. The first kappa shape index (κ1) is 10.4. The largest absolute Gasteiger partial charge is 0.466 e. The summed E-state index contributed by atoms with van der Waals surface area (Å²) < 4.78 is 4.66. The number of esters is 1. The van der Waals surface area contributed by atoms with Crippen molar-refractivity contribution in [3.63, 3.8) is 0 Å². The highest BCUT2D eigenvalue weighted by Gasteiger charge is 2.08. The quantitative estimate of drug-likeness (QED) is 0.623. The SMILES string of the molecule is CC(=O)OCCC(O)C(C)C. The van der Waals surface area contributed by atoms with E-state index >= 15 is 0 Å². The molecule has 11 heavy (non-hydrogen) atoms. The van der Waals surface area contributed by atoms with Gasteiger partial charge in [-0.15, -0.1) is 0 Å². The summed E-state index contributed by atoms with van der Waals surface area (Å²) in [6.07, 6.45) is 0.159. The van der Waals surface area contributed by atoms with E-state index < -0.39 is 0 Å². The van der Waals surface area contributed by atoms with Gasteiger partial charge in [0.1, 0.15) is 0 Å². The normalized spacial score (nSPS) is 13.2. The lowest BCUT2D eigenvalue weighted by Gasteiger charge is -2.13. The molecule has 0 aromatic rings. The zero-order chi connectivity index (χ0) is 8.85. The van der Waals surface area contributed by atoms with Gasteiger partial charge < -0.3 is 9.84 Å². The van der Waals surface area contributed by atoms with Gasteiger partial charge in [0.05, 0.1) is 12.7 Å². The van der Waals surface area contributed by atoms with Gasteiger partial charge in [-0.25, -0.2) is 0 Å². The van der Waals surface area contributed by atoms with Gasteiger partial charge in [-0.2, -0.15) is 0 Å². The van der Waals surface area contributed by atoms with Crippen LogP contribution in [0.1, 0.15) is 27.2 Å². The van der Waals surface area contributed by atoms with E-state index in [1.54, 1.807) is 0 Å². The van der Waals surface area contributed by atoms with Gasteiger partial charge in [0.25, 0.3) is 0 Å². The lowest BCUT2D eigenvalue weighted by molar-refractivity contribution is -0.141. The summed E-state index contributed by atoms with van der Waals surface area (Å²) in [6.45, 7) is 5.54. The predicted molar refractivity (Wildman–Crippen MR) is 42.1 cm³/mol. The van der Waals surface area contributed by atoms with Crippen LogP contribution in [0.25, 0.3) is 0 Å². The maximum absolute atomic E-state index is 10.3. The van der Waals surface area contributed by atoms with Crippen LogP contribution in [0.3, 0.4) is 0 Å². The summed E-state index contributed by atoms with van der Waals surface area (Å²) in [6, 6.07) is 0. The monoisotopic (exact) mass is 160 g/mol. The van der Waals surface area contributed by atoms with Crippen molar-refractivity contribution in [3.8, 4) is 0 Å². The van der Waals surface area contributed by atoms with Crippen molar-refractivity contribution >= 4 is 5.97 Å². The molecule has 0 fully saturated rings. The Morgan fingerprint density at radius 1 is 1.55 bits per heavy atom. The molecule has 0 spiro atoms. The molecule has 0 aromatic heterocycles. The fourth-order valence-corrected chi connectivity index (χ4v) is 0.657. The van der Waals surface area contributed by atoms with Crippen molar-refractivity contribution in [1.82, 2.24) is 0 Å². The second-order valence-corrected chi connectivity index (χ2v) is 2.94. The fraction of sp³-hybridized carbons (Fsp3) is 0.875. The molecule has 0 heterocycles. The zero-order valence-corrected chi connectivity index (χ0v) is 7.33. The predicted octanol–water partition coefficient (Wildman–Crippen LogP) is 0.957. The number of aliphatic hydroxyl groups excluding tert-OH is 1. The van der Waals surface area contributed by atoms with E-state index in [1.165, 1.54) is 6.92 Å². The van der Waals surface area contributed by atoms with E-state index in [4.69, 9.17) is 0 Å². The molecular formula is C8H16O3. The van der Waals surface area contributed by atoms with Crippen molar-refractivity contribution < 1.29 is 14.6 Å². The maximum Gasteiger partial charge on any atom is 0.302 e. The van der Waals surface area contributed by atoms with Crippen LogP contribution in [0.15, 0.2) is 0 Å². The third-order valence-electron chi connectivity index (χ3n) is 1.49. The highest BCUT2D eigenvalue weighted by Crippen LogP contribution is 2.04. The van der Waals surface area contributed by atoms with Crippen molar-refractivity contribution in [2.24, 2.45) is 5.92 Å². The molecule has 0 aliphatic carbocycles. The molecule has 1 unspecified atom stereocenters. The molecule has 3 nitrogen and oxygen atoms in total. The van der Waals surface area contributed by atoms with Crippen molar-refractivity contribution in [2.45, 2.75) is 33.3 Å². The minimum absolute atomic E-state index is 0.227. The summed E-state index contributed by atoms with van der Waals surface area (Å²) in [4.78, 5) is 10.3. The average Bonchev–Trinajstić information content (AvgIpc) is 1.86. The van der Waals surface area contributed by atoms with E-state index in [9.17, 15) is 9.90 Å². The van der Waals surface area contributed by atoms with Gasteiger partial charge in [0.2, 0.25) is 0 Å². The molecule has 1 N–H and O–H groups in total. The molecule has 1 atom stereocenters. The molecule has 0 aromatic carbocycles. The molecule has 66 valence electrons. The number of rotatable bonds is 4. The third-order valence-corrected chi connectivity index (χ3v) is 1.49. The first-order valence-electron chi connectivity index (χ1n) is 3.85. The summed E-state index contributed by atoms with van der Waals surface area (Å²) in [7, 11) is 0. The van der Waals surface area contributed by atoms with Gasteiger partial charge in [-0.3, -0.25) is 4.79 Å². The van der Waals surface area contributed by atoms with E-state index in [-0.39, 0.29) is 18.0 Å². The van der Waals surface area contributed by atoms with Crippen LogP contribution in [-0.2, 0) is 9.53 Å². The average molecular weight is 160 g/mol. The van der Waals surface area contributed by atoms with Crippen molar-refractivity contribution in [2.75, 3.05) is 6.61 Å². The van der Waals surface area contributed by atoms with Crippen LogP contribution < -0.4 is 0 Å². The van der Waals surface area contributed by atoms with Crippen LogP contribution in [0, 0.1) is 5.92 Å². The van der Waals surface area contributed by atoms with Crippen molar-refractivity contribution in [3.05, 3.63) is 0 Å². The molecular weight excluding hydrogens is 144 g/mol. The molecule has 0 radical (unpaired) electrons. The highest BCUT2D eigenvalue weighted by molar-refractivity contribution is 5.65. The Kier molecular flexibility index (Phi) is 4.86. The highest BCUT2D eigenvalue weighted by atomic mass is 16.5. The minimum atomic E-state index is -0.366. The zero-order valence-electron chi connectivity index (χ0n) is 7.33. The molecule has 0 amide bonds. The van der Waals surface area contributed by atoms with Gasteiger partial charge in [0.15, 0.2) is 0 Å². The lowest BCUT2D eigenvalue weighted by Crippen LogP contribution is -2.17. The van der Waals surface area contributed by atoms with Crippen LogP contribution >= 0.6 is 0 Å². The van der Waals surface area contributed by atoms with Gasteiger partial charge in [0, 0.05) is 13.3 Å². The summed E-state index contributed by atoms with van der Waals surface area (Å²) >= 11 is 0. The molecule has 0 saturated carbocycles. The molecule has 3 heteroatoms. The molecule has 0 aliphatic rings. The van der Waals surface area contributed by atoms with Gasteiger partial charge >= 0.3 is 5.97 Å². The van der Waals surface area contributed by atoms with Crippen LogP contribution in [0.2, 0.25) is 0 Å². The Morgan fingerprint density at radius 3 is 2.45 bits per heavy atom. The third kappa shape index (κ3) is 5.85. The van der Waals surface area contributed by atoms with E-state index in [0.717, 1.165) is 0 Å². The fourth-order valence-electron chi connectivity index (χ4n) is 0.657. The Hall–Kier alpha value is -0.570. The molecule has 0 bridgehead atoms. The second-order valence-electron chi connectivity index (χ2n) is 2.94. The Morgan fingerprint density at radius 2 is 2.09 bits per heavy atom. The van der Waals surface area contributed by atoms with Crippen LogP contribution in [-0.4, -0.2) is 23.8 Å². The molecule has 0 saturated heterocycles. The maximum atomic E-state index is 10.3. The number of hydrogen-bond acceptors (Lipinski definition) is 3. The number of carbonyl (C=O) groups is 1. The Labute approximate surface area is 67.4 Å². The smallest absolute Gasteiger partial charge is 0.302 e. The topological polar surface area (TPSA) is 46.5 Å². The Balaban J connectivity index is 3.31. The van der Waals surface area contributed by atoms with Gasteiger partial charge in [-0.05, 0) is 5.92 Å². The number of hydrogen-bond donors (Lipinski definition) is 1. The van der Waals surface area contributed by atoms with E-state index in [1.807, 2.05) is 13.8 Å². The lowest BCUT2D eigenvalue weighted by atomic mass is 10.1. The minimum Gasteiger partial charge on any atom is -0.466 e.